The number of aromatic nitrogens is 3. The molecule has 2 heterocycles. The summed E-state index contributed by atoms with van der Waals surface area (Å²) in [6.07, 6.45) is 4.80. The number of hydrogen-bond donors (Lipinski definition) is 13. The maximum Gasteiger partial charge on any atom is 0.243 e. The largest absolute Gasteiger partial charge is 0.370 e. The maximum absolute atomic E-state index is 14.3. The Labute approximate surface area is 351 Å². The highest BCUT2D eigenvalue weighted by molar-refractivity contribution is 7.80. The predicted molar refractivity (Wildman–Crippen MR) is 229 cm³/mol. The number of guanidine groups is 1. The Balaban J connectivity index is 1.64. The number of primary amides is 1. The lowest BCUT2D eigenvalue weighted by Gasteiger charge is -2.27. The molecule has 0 aliphatic heterocycles. The molecule has 6 atom stereocenters. The number of H-pyrrole nitrogens is 2. The first-order valence-electron chi connectivity index (χ1n) is 18.7. The number of fused-ring (bicyclic) bond motifs is 1. The van der Waals surface area contributed by atoms with E-state index in [-0.39, 0.29) is 56.1 Å². The van der Waals surface area contributed by atoms with Crippen LogP contribution < -0.4 is 49.5 Å². The van der Waals surface area contributed by atoms with E-state index >= 15 is 0 Å². The average Bonchev–Trinajstić information content (AvgIpc) is 3.90. The topological polar surface area (TPSA) is 323 Å². The molecular formula is C38H51N13O6S2. The second kappa shape index (κ2) is 22.8. The molecule has 2 aromatic carbocycles. The normalized spacial score (nSPS) is 14.1. The molecule has 0 fully saturated rings. The summed E-state index contributed by atoms with van der Waals surface area (Å²) in [5, 5.41) is 14.2. The van der Waals surface area contributed by atoms with Gasteiger partial charge in [-0.1, -0.05) is 48.5 Å². The molecule has 0 saturated heterocycles. The molecule has 2 aromatic heterocycles. The van der Waals surface area contributed by atoms with Gasteiger partial charge in [0, 0.05) is 66.3 Å². The molecule has 4 aromatic rings. The summed E-state index contributed by atoms with van der Waals surface area (Å²) in [5.74, 6) is -4.64. The second-order valence-corrected chi connectivity index (χ2v) is 14.4. The van der Waals surface area contributed by atoms with E-state index in [2.05, 4.69) is 71.8 Å². The Kier molecular flexibility index (Phi) is 17.6. The van der Waals surface area contributed by atoms with Crippen LogP contribution in [-0.4, -0.2) is 111 Å². The molecular weight excluding hydrogens is 799 g/mol. The van der Waals surface area contributed by atoms with Crippen LogP contribution in [0.15, 0.2) is 78.3 Å². The molecule has 4 rings (SSSR count). The fourth-order valence-corrected chi connectivity index (χ4v) is 6.48. The van der Waals surface area contributed by atoms with Gasteiger partial charge in [0.1, 0.15) is 30.2 Å². The van der Waals surface area contributed by atoms with Gasteiger partial charge < -0.3 is 59.5 Å². The molecule has 0 aliphatic rings. The first-order valence-corrected chi connectivity index (χ1v) is 20.0. The Morgan fingerprint density at radius 3 is 1.86 bits per heavy atom. The fraction of sp³-hybridized carbons (Fsp3) is 0.368. The van der Waals surface area contributed by atoms with Crippen LogP contribution in [0.25, 0.3) is 10.9 Å². The van der Waals surface area contributed by atoms with Gasteiger partial charge in [0.25, 0.3) is 0 Å². The van der Waals surface area contributed by atoms with Crippen molar-refractivity contribution in [2.75, 3.05) is 18.1 Å². The first kappa shape index (κ1) is 45.6. The zero-order chi connectivity index (χ0) is 42.9. The van der Waals surface area contributed by atoms with Gasteiger partial charge in [-0.2, -0.15) is 25.3 Å². The number of aromatic amines is 2. The van der Waals surface area contributed by atoms with Crippen LogP contribution >= 0.6 is 25.3 Å². The van der Waals surface area contributed by atoms with Crippen LogP contribution in [0.4, 0.5) is 0 Å². The standard InChI is InChI=1S/C38H51N13O6S2/c39-25(18-58)33(53)48-30(15-23-17-43-20-46-23)37(57)49-28(13-21-7-2-1-3-8-21)35(55)47-27(11-6-12-44-38(41)42)34(54)50-29(36(56)51-31(19-59)32(40)52)14-22-16-45-26-10-5-4-9-24(22)26/h1-5,7-10,16-17,20,25,27-31,45,58-59H,6,11-15,18-19,39H2,(H2,40,52)(H,43,46)(H,47,55)(H,48,53)(H,49,57)(H,50,54)(H,51,56)(H4,41,42,44)/t25-,27-,28-,29-,30-,31-/m0/s1. The van der Waals surface area contributed by atoms with Gasteiger partial charge in [-0.3, -0.25) is 33.8 Å². The van der Waals surface area contributed by atoms with Gasteiger partial charge in [0.15, 0.2) is 5.96 Å². The monoisotopic (exact) mass is 849 g/mol. The van der Waals surface area contributed by atoms with E-state index in [0.29, 0.717) is 16.8 Å². The van der Waals surface area contributed by atoms with Crippen molar-refractivity contribution < 1.29 is 28.8 Å². The lowest BCUT2D eigenvalue weighted by Crippen LogP contribution is -2.60. The van der Waals surface area contributed by atoms with Gasteiger partial charge in [0.2, 0.25) is 35.4 Å². The number of benzene rings is 2. The number of aliphatic imine (C=N–C) groups is 1. The SMILES string of the molecule is NC(=O)[C@H](CS)NC(=O)[C@H](Cc1c[nH]c2ccccc12)NC(=O)[C@H](CCCN=C(N)N)NC(=O)[C@H](Cc1ccccc1)NC(=O)[C@H](Cc1cnc[nH]1)NC(=O)[C@@H](N)CS. The average molecular weight is 850 g/mol. The van der Waals surface area contributed by atoms with Crippen molar-refractivity contribution in [1.82, 2.24) is 41.5 Å². The number of hydrogen-bond acceptors (Lipinski definition) is 11. The molecule has 0 bridgehead atoms. The number of rotatable bonds is 23. The van der Waals surface area contributed by atoms with Gasteiger partial charge in [-0.05, 0) is 30.0 Å². The van der Waals surface area contributed by atoms with E-state index < -0.39 is 71.7 Å². The van der Waals surface area contributed by atoms with E-state index in [0.717, 1.165) is 10.9 Å². The second-order valence-electron chi connectivity index (χ2n) is 13.7. The minimum atomic E-state index is -1.28. The van der Waals surface area contributed by atoms with E-state index in [1.807, 2.05) is 24.3 Å². The van der Waals surface area contributed by atoms with E-state index in [1.54, 1.807) is 36.5 Å². The maximum atomic E-state index is 14.3. The molecule has 0 saturated carbocycles. The highest BCUT2D eigenvalue weighted by atomic mass is 32.1. The molecule has 59 heavy (non-hydrogen) atoms. The van der Waals surface area contributed by atoms with Crippen molar-refractivity contribution in [3.63, 3.8) is 0 Å². The van der Waals surface area contributed by atoms with Crippen LogP contribution in [0.3, 0.4) is 0 Å². The summed E-state index contributed by atoms with van der Waals surface area (Å²) < 4.78 is 0. The molecule has 0 radical (unpaired) electrons. The Bertz CT molecular complexity index is 2060. The predicted octanol–water partition coefficient (Wildman–Crippen LogP) is -1.93. The fourth-order valence-electron chi connectivity index (χ4n) is 6.04. The molecule has 21 heteroatoms. The minimum Gasteiger partial charge on any atom is -0.370 e. The highest BCUT2D eigenvalue weighted by Gasteiger charge is 2.33. The molecule has 15 N–H and O–H groups in total. The number of nitrogens with one attached hydrogen (secondary N) is 7. The number of carbonyl (C=O) groups excluding carboxylic acids is 6. The number of para-hydroxylation sites is 1. The Morgan fingerprint density at radius 2 is 1.25 bits per heavy atom. The van der Waals surface area contributed by atoms with Crippen LogP contribution in [0, 0.1) is 0 Å². The zero-order valence-corrected chi connectivity index (χ0v) is 33.9. The van der Waals surface area contributed by atoms with Gasteiger partial charge >= 0.3 is 0 Å². The van der Waals surface area contributed by atoms with E-state index in [9.17, 15) is 28.8 Å². The molecule has 0 aliphatic carbocycles. The van der Waals surface area contributed by atoms with E-state index in [4.69, 9.17) is 22.9 Å². The quantitative estimate of drug-likeness (QED) is 0.0170. The van der Waals surface area contributed by atoms with E-state index in [1.165, 1.54) is 12.5 Å². The third-order valence-electron chi connectivity index (χ3n) is 9.21. The summed E-state index contributed by atoms with van der Waals surface area (Å²) in [4.78, 5) is 95.1. The lowest BCUT2D eigenvalue weighted by atomic mass is 10.0. The summed E-state index contributed by atoms with van der Waals surface area (Å²) in [6.45, 7) is 0.108. The minimum absolute atomic E-state index is 0.00244. The summed E-state index contributed by atoms with van der Waals surface area (Å²) in [5.41, 5.74) is 25.1. The number of thiol groups is 2. The van der Waals surface area contributed by atoms with Crippen molar-refractivity contribution in [2.24, 2.45) is 27.9 Å². The Hall–Kier alpha value is -6.06. The van der Waals surface area contributed by atoms with Crippen LogP contribution in [-0.2, 0) is 48.0 Å². The molecule has 0 spiro atoms. The van der Waals surface area contributed by atoms with Crippen molar-refractivity contribution in [1.29, 1.82) is 0 Å². The molecule has 19 nitrogen and oxygen atoms in total. The molecule has 316 valence electrons. The zero-order valence-electron chi connectivity index (χ0n) is 32.1. The number of nitrogens with two attached hydrogens (primary N) is 4. The highest BCUT2D eigenvalue weighted by Crippen LogP contribution is 2.19. The third-order valence-corrected chi connectivity index (χ3v) is 9.97. The lowest BCUT2D eigenvalue weighted by molar-refractivity contribution is -0.135. The van der Waals surface area contributed by atoms with Crippen molar-refractivity contribution in [2.45, 2.75) is 68.4 Å². The Morgan fingerprint density at radius 1 is 0.678 bits per heavy atom. The number of carbonyl (C=O) groups is 6. The van der Waals surface area contributed by atoms with Crippen LogP contribution in [0.2, 0.25) is 0 Å². The third kappa shape index (κ3) is 14.1. The number of nitrogens with zero attached hydrogens (tertiary/aromatic N) is 2. The number of imidazole rings is 1. The number of amides is 6. The van der Waals surface area contributed by atoms with Crippen molar-refractivity contribution >= 4 is 77.6 Å². The van der Waals surface area contributed by atoms with Crippen molar-refractivity contribution in [3.05, 3.63) is 90.1 Å². The summed E-state index contributed by atoms with van der Waals surface area (Å²) in [6, 6.07) is 9.08. The van der Waals surface area contributed by atoms with Crippen LogP contribution in [0.1, 0.15) is 29.7 Å². The summed E-state index contributed by atoms with van der Waals surface area (Å²) in [7, 11) is 0. The van der Waals surface area contributed by atoms with Gasteiger partial charge in [-0.15, -0.1) is 0 Å². The van der Waals surface area contributed by atoms with Crippen LogP contribution in [0.5, 0.6) is 0 Å². The first-order chi connectivity index (χ1) is 28.3. The molecule has 6 amide bonds. The van der Waals surface area contributed by atoms with Gasteiger partial charge in [-0.25, -0.2) is 4.98 Å². The smallest absolute Gasteiger partial charge is 0.243 e. The molecule has 0 unspecified atom stereocenters. The van der Waals surface area contributed by atoms with Gasteiger partial charge in [0.05, 0.1) is 12.4 Å². The van der Waals surface area contributed by atoms with Crippen molar-refractivity contribution in [3.8, 4) is 0 Å². The summed E-state index contributed by atoms with van der Waals surface area (Å²) >= 11 is 8.22.